The van der Waals surface area contributed by atoms with E-state index in [0.717, 1.165) is 21.5 Å². The quantitative estimate of drug-likeness (QED) is 0.790. The molecule has 0 radical (unpaired) electrons. The van der Waals surface area contributed by atoms with E-state index in [-0.39, 0.29) is 0 Å². The van der Waals surface area contributed by atoms with Crippen LogP contribution in [0.3, 0.4) is 0 Å². The van der Waals surface area contributed by atoms with Gasteiger partial charge in [0.15, 0.2) is 0 Å². The zero-order valence-electron chi connectivity index (χ0n) is 7.04. The Bertz CT molecular complexity index is 452. The van der Waals surface area contributed by atoms with Crippen molar-refractivity contribution in [1.82, 2.24) is 9.36 Å². The topological polar surface area (TPSA) is 51.8 Å². The molecular formula is C8H8ClN3S. The van der Waals surface area contributed by atoms with Crippen molar-refractivity contribution in [1.29, 1.82) is 0 Å². The summed E-state index contributed by atoms with van der Waals surface area (Å²) < 4.78 is 4.19. The molecule has 0 aliphatic heterocycles. The summed E-state index contributed by atoms with van der Waals surface area (Å²) >= 11 is 7.50. The number of halogens is 1. The number of aromatic nitrogens is 2. The third-order valence-electron chi connectivity index (χ3n) is 1.90. The molecule has 0 spiro atoms. The first kappa shape index (κ1) is 8.87. The molecule has 0 bridgehead atoms. The van der Waals surface area contributed by atoms with E-state index in [2.05, 4.69) is 9.36 Å². The molecule has 13 heavy (non-hydrogen) atoms. The third-order valence-corrected chi connectivity index (χ3v) is 3.18. The van der Waals surface area contributed by atoms with Crippen molar-refractivity contribution < 1.29 is 0 Å². The van der Waals surface area contributed by atoms with E-state index in [1.807, 2.05) is 6.92 Å². The second kappa shape index (κ2) is 3.21. The van der Waals surface area contributed by atoms with E-state index in [0.29, 0.717) is 11.6 Å². The summed E-state index contributed by atoms with van der Waals surface area (Å²) in [6.07, 6.45) is 1.71. The van der Waals surface area contributed by atoms with Gasteiger partial charge in [0.1, 0.15) is 4.83 Å². The normalized spacial score (nSPS) is 11.0. The van der Waals surface area contributed by atoms with Gasteiger partial charge in [-0.1, -0.05) is 11.6 Å². The fourth-order valence-electron chi connectivity index (χ4n) is 1.19. The lowest BCUT2D eigenvalue weighted by molar-refractivity contribution is 1.06. The van der Waals surface area contributed by atoms with E-state index in [4.69, 9.17) is 17.3 Å². The van der Waals surface area contributed by atoms with E-state index in [9.17, 15) is 0 Å². The molecule has 68 valence electrons. The average Bonchev–Trinajstić information content (AvgIpc) is 2.49. The van der Waals surface area contributed by atoms with Gasteiger partial charge in [-0.05, 0) is 18.5 Å². The number of aryl methyl sites for hydroxylation is 1. The second-order valence-corrected chi connectivity index (χ2v) is 3.88. The zero-order valence-corrected chi connectivity index (χ0v) is 8.61. The highest BCUT2D eigenvalue weighted by Crippen LogP contribution is 2.29. The van der Waals surface area contributed by atoms with Crippen molar-refractivity contribution in [3.05, 3.63) is 22.5 Å². The summed E-state index contributed by atoms with van der Waals surface area (Å²) in [6, 6.07) is 0. The molecule has 0 amide bonds. The molecule has 0 fully saturated rings. The summed E-state index contributed by atoms with van der Waals surface area (Å²) in [5.41, 5.74) is 7.32. The first-order valence-electron chi connectivity index (χ1n) is 3.83. The van der Waals surface area contributed by atoms with Crippen molar-refractivity contribution >= 4 is 33.4 Å². The van der Waals surface area contributed by atoms with Crippen LogP contribution in [0, 0.1) is 6.92 Å². The van der Waals surface area contributed by atoms with Crippen LogP contribution in [0.25, 0.3) is 10.2 Å². The Morgan fingerprint density at radius 3 is 3.08 bits per heavy atom. The van der Waals surface area contributed by atoms with E-state index < -0.39 is 0 Å². The number of pyridine rings is 1. The van der Waals surface area contributed by atoms with Crippen LogP contribution in [-0.4, -0.2) is 9.36 Å². The Labute approximate surface area is 84.7 Å². The molecule has 0 aromatic carbocycles. The van der Waals surface area contributed by atoms with Gasteiger partial charge in [-0.2, -0.15) is 4.37 Å². The first-order chi connectivity index (χ1) is 6.24. The van der Waals surface area contributed by atoms with Crippen LogP contribution in [0.4, 0.5) is 0 Å². The van der Waals surface area contributed by atoms with Crippen LogP contribution < -0.4 is 5.73 Å². The number of nitrogens with two attached hydrogens (primary N) is 1. The van der Waals surface area contributed by atoms with Gasteiger partial charge in [0, 0.05) is 18.3 Å². The van der Waals surface area contributed by atoms with Gasteiger partial charge in [-0.25, -0.2) is 4.98 Å². The molecule has 2 rings (SSSR count). The average molecular weight is 214 g/mol. The molecule has 2 N–H and O–H groups in total. The van der Waals surface area contributed by atoms with Crippen LogP contribution in [0.15, 0.2) is 6.20 Å². The molecule has 0 aliphatic rings. The predicted octanol–water partition coefficient (Wildman–Crippen LogP) is 2.11. The summed E-state index contributed by atoms with van der Waals surface area (Å²) in [4.78, 5) is 5.10. The minimum absolute atomic E-state index is 0.414. The SMILES string of the molecule is Cc1nsc2ncc(CN)c(Cl)c12. The lowest BCUT2D eigenvalue weighted by Crippen LogP contribution is -1.98. The largest absolute Gasteiger partial charge is 0.326 e. The molecule has 0 atom stereocenters. The third kappa shape index (κ3) is 1.31. The molecule has 0 aliphatic carbocycles. The number of nitrogens with zero attached hydrogens (tertiary/aromatic N) is 2. The van der Waals surface area contributed by atoms with Gasteiger partial charge >= 0.3 is 0 Å². The lowest BCUT2D eigenvalue weighted by Gasteiger charge is -2.00. The van der Waals surface area contributed by atoms with Crippen molar-refractivity contribution in [3.8, 4) is 0 Å². The van der Waals surface area contributed by atoms with Crippen LogP contribution in [0.1, 0.15) is 11.3 Å². The van der Waals surface area contributed by atoms with Crippen LogP contribution >= 0.6 is 23.1 Å². The molecule has 5 heteroatoms. The Morgan fingerprint density at radius 1 is 1.62 bits per heavy atom. The predicted molar refractivity (Wildman–Crippen MR) is 55.1 cm³/mol. The van der Waals surface area contributed by atoms with E-state index in [1.165, 1.54) is 11.5 Å². The van der Waals surface area contributed by atoms with Crippen molar-refractivity contribution in [2.24, 2.45) is 5.73 Å². The summed E-state index contributed by atoms with van der Waals surface area (Å²) in [5.74, 6) is 0. The highest BCUT2D eigenvalue weighted by molar-refractivity contribution is 7.13. The summed E-state index contributed by atoms with van der Waals surface area (Å²) in [7, 11) is 0. The first-order valence-corrected chi connectivity index (χ1v) is 4.98. The van der Waals surface area contributed by atoms with Gasteiger partial charge < -0.3 is 5.73 Å². The summed E-state index contributed by atoms with van der Waals surface area (Å²) in [5, 5.41) is 1.63. The molecule has 2 aromatic rings. The molecule has 0 saturated heterocycles. The van der Waals surface area contributed by atoms with Crippen molar-refractivity contribution in [2.75, 3.05) is 0 Å². The Balaban J connectivity index is 2.83. The summed E-state index contributed by atoms with van der Waals surface area (Å²) in [6.45, 7) is 2.34. The molecule has 0 saturated carbocycles. The highest BCUT2D eigenvalue weighted by atomic mass is 35.5. The van der Waals surface area contributed by atoms with Crippen LogP contribution in [-0.2, 0) is 6.54 Å². The van der Waals surface area contributed by atoms with Crippen LogP contribution in [0.5, 0.6) is 0 Å². The molecule has 3 nitrogen and oxygen atoms in total. The Morgan fingerprint density at radius 2 is 2.38 bits per heavy atom. The molecule has 2 aromatic heterocycles. The fourth-order valence-corrected chi connectivity index (χ4v) is 2.36. The minimum atomic E-state index is 0.414. The van der Waals surface area contributed by atoms with Gasteiger partial charge in [0.25, 0.3) is 0 Å². The number of fused-ring (bicyclic) bond motifs is 1. The molecule has 2 heterocycles. The van der Waals surface area contributed by atoms with Gasteiger partial charge in [-0.15, -0.1) is 0 Å². The highest BCUT2D eigenvalue weighted by Gasteiger charge is 2.10. The van der Waals surface area contributed by atoms with E-state index >= 15 is 0 Å². The number of hydrogen-bond donors (Lipinski definition) is 1. The smallest absolute Gasteiger partial charge is 0.145 e. The van der Waals surface area contributed by atoms with E-state index in [1.54, 1.807) is 6.20 Å². The molecular weight excluding hydrogens is 206 g/mol. The van der Waals surface area contributed by atoms with Gasteiger partial charge in [0.2, 0.25) is 0 Å². The Hall–Kier alpha value is -0.710. The molecule has 0 unspecified atom stereocenters. The monoisotopic (exact) mass is 213 g/mol. The Kier molecular flexibility index (Phi) is 2.19. The maximum Gasteiger partial charge on any atom is 0.145 e. The van der Waals surface area contributed by atoms with Crippen LogP contribution in [0.2, 0.25) is 5.02 Å². The maximum absolute atomic E-state index is 6.14. The van der Waals surface area contributed by atoms with Crippen molar-refractivity contribution in [2.45, 2.75) is 13.5 Å². The minimum Gasteiger partial charge on any atom is -0.326 e. The lowest BCUT2D eigenvalue weighted by atomic mass is 10.2. The number of rotatable bonds is 1. The fraction of sp³-hybridized carbons (Fsp3) is 0.250. The standard InChI is InChI=1S/C8H8ClN3S/c1-4-6-7(9)5(2-10)3-11-8(6)13-12-4/h3H,2,10H2,1H3. The van der Waals surface area contributed by atoms with Gasteiger partial charge in [0.05, 0.1) is 16.1 Å². The maximum atomic E-state index is 6.14. The zero-order chi connectivity index (χ0) is 9.42. The second-order valence-electron chi connectivity index (χ2n) is 2.75. The number of hydrogen-bond acceptors (Lipinski definition) is 4. The van der Waals surface area contributed by atoms with Gasteiger partial charge in [-0.3, -0.25) is 0 Å². The van der Waals surface area contributed by atoms with Crippen molar-refractivity contribution in [3.63, 3.8) is 0 Å².